The normalized spacial score (nSPS) is 13.3. The number of carbonyl (C=O) groups excluding carboxylic acids is 1. The zero-order valence-electron chi connectivity index (χ0n) is 16.7. The monoisotopic (exact) mass is 408 g/mol. The molecule has 2 aromatic carbocycles. The van der Waals surface area contributed by atoms with Gasteiger partial charge in [-0.2, -0.15) is 0 Å². The SMILES string of the molecule is O=C(NC(=S)NCCC1=CCCCC1)c1cccc(OCCc2ccccc2)c1. The van der Waals surface area contributed by atoms with Gasteiger partial charge in [0.15, 0.2) is 5.11 Å². The van der Waals surface area contributed by atoms with Gasteiger partial charge in [-0.1, -0.05) is 48.0 Å². The van der Waals surface area contributed by atoms with E-state index in [0.717, 1.165) is 19.4 Å². The standard InChI is InChI=1S/C24H28N2O2S/c27-23(26-24(29)25-16-14-19-8-3-1-4-9-19)21-12-7-13-22(18-21)28-17-15-20-10-5-2-6-11-20/h2,5-8,10-13,18H,1,3-4,9,14-17H2,(H2,25,26,27,29). The molecule has 2 aromatic rings. The number of hydrogen-bond acceptors (Lipinski definition) is 3. The molecule has 4 nitrogen and oxygen atoms in total. The van der Waals surface area contributed by atoms with Crippen LogP contribution in [0.1, 0.15) is 48.0 Å². The molecule has 1 aliphatic carbocycles. The fourth-order valence-corrected chi connectivity index (χ4v) is 3.54. The van der Waals surface area contributed by atoms with Gasteiger partial charge in [-0.3, -0.25) is 10.1 Å². The Kier molecular flexibility index (Phi) is 8.25. The minimum atomic E-state index is -0.229. The number of thiocarbonyl (C=S) groups is 1. The first-order chi connectivity index (χ1) is 14.2. The van der Waals surface area contributed by atoms with E-state index in [2.05, 4.69) is 28.8 Å². The van der Waals surface area contributed by atoms with Gasteiger partial charge in [0.1, 0.15) is 5.75 Å². The second kappa shape index (κ2) is 11.4. The number of amides is 1. The quantitative estimate of drug-likeness (QED) is 0.486. The average Bonchev–Trinajstić information content (AvgIpc) is 2.75. The summed E-state index contributed by atoms with van der Waals surface area (Å²) in [5.74, 6) is 0.449. The lowest BCUT2D eigenvalue weighted by Crippen LogP contribution is -2.39. The Morgan fingerprint density at radius 2 is 1.90 bits per heavy atom. The van der Waals surface area contributed by atoms with Gasteiger partial charge in [-0.15, -0.1) is 0 Å². The predicted molar refractivity (Wildman–Crippen MR) is 121 cm³/mol. The number of allylic oxidation sites excluding steroid dienone is 1. The molecular formula is C24H28N2O2S. The molecule has 1 aliphatic rings. The summed E-state index contributed by atoms with van der Waals surface area (Å²) in [5.41, 5.74) is 3.24. The van der Waals surface area contributed by atoms with Gasteiger partial charge in [-0.05, 0) is 68.1 Å². The maximum Gasteiger partial charge on any atom is 0.257 e. The predicted octanol–water partition coefficient (Wildman–Crippen LogP) is 4.80. The van der Waals surface area contributed by atoms with Crippen molar-refractivity contribution in [3.8, 4) is 5.75 Å². The highest BCUT2D eigenvalue weighted by Crippen LogP contribution is 2.19. The third kappa shape index (κ3) is 7.35. The first kappa shape index (κ1) is 21.1. The van der Waals surface area contributed by atoms with Crippen molar-refractivity contribution in [2.75, 3.05) is 13.2 Å². The summed E-state index contributed by atoms with van der Waals surface area (Å²) in [7, 11) is 0. The molecule has 0 bridgehead atoms. The molecular weight excluding hydrogens is 380 g/mol. The minimum Gasteiger partial charge on any atom is -0.493 e. The van der Waals surface area contributed by atoms with E-state index < -0.39 is 0 Å². The molecule has 5 heteroatoms. The highest BCUT2D eigenvalue weighted by atomic mass is 32.1. The van der Waals surface area contributed by atoms with Crippen molar-refractivity contribution in [3.05, 3.63) is 77.4 Å². The Bertz CT molecular complexity index is 849. The van der Waals surface area contributed by atoms with E-state index >= 15 is 0 Å². The van der Waals surface area contributed by atoms with Crippen molar-refractivity contribution in [1.82, 2.24) is 10.6 Å². The molecule has 0 spiro atoms. The van der Waals surface area contributed by atoms with Crippen LogP contribution in [0, 0.1) is 0 Å². The number of ether oxygens (including phenoxy) is 1. The highest BCUT2D eigenvalue weighted by molar-refractivity contribution is 7.80. The maximum absolute atomic E-state index is 12.5. The smallest absolute Gasteiger partial charge is 0.257 e. The Labute approximate surface area is 178 Å². The molecule has 0 heterocycles. The van der Waals surface area contributed by atoms with Crippen LogP contribution in [0.5, 0.6) is 5.75 Å². The Morgan fingerprint density at radius 3 is 2.69 bits per heavy atom. The molecule has 0 atom stereocenters. The molecule has 0 saturated heterocycles. The first-order valence-corrected chi connectivity index (χ1v) is 10.7. The summed E-state index contributed by atoms with van der Waals surface area (Å²) < 4.78 is 5.80. The number of rotatable bonds is 8. The van der Waals surface area contributed by atoms with Crippen LogP contribution in [-0.4, -0.2) is 24.2 Å². The van der Waals surface area contributed by atoms with Crippen LogP contribution in [0.3, 0.4) is 0 Å². The topological polar surface area (TPSA) is 50.4 Å². The van der Waals surface area contributed by atoms with E-state index in [9.17, 15) is 4.79 Å². The van der Waals surface area contributed by atoms with Gasteiger partial charge < -0.3 is 10.1 Å². The van der Waals surface area contributed by atoms with Crippen LogP contribution in [0.4, 0.5) is 0 Å². The average molecular weight is 409 g/mol. The van der Waals surface area contributed by atoms with Crippen LogP contribution < -0.4 is 15.4 Å². The summed E-state index contributed by atoms with van der Waals surface area (Å²) in [4.78, 5) is 12.5. The number of hydrogen-bond donors (Lipinski definition) is 2. The Balaban J connectivity index is 1.42. The first-order valence-electron chi connectivity index (χ1n) is 10.2. The van der Waals surface area contributed by atoms with Crippen molar-refractivity contribution in [2.45, 2.75) is 38.5 Å². The van der Waals surface area contributed by atoms with Crippen LogP contribution >= 0.6 is 12.2 Å². The van der Waals surface area contributed by atoms with Crippen molar-refractivity contribution in [2.24, 2.45) is 0 Å². The van der Waals surface area contributed by atoms with E-state index in [1.54, 1.807) is 12.1 Å². The van der Waals surface area contributed by atoms with Gasteiger partial charge in [0.2, 0.25) is 0 Å². The lowest BCUT2D eigenvalue weighted by molar-refractivity contribution is 0.0976. The van der Waals surface area contributed by atoms with Gasteiger partial charge in [0, 0.05) is 18.5 Å². The van der Waals surface area contributed by atoms with Gasteiger partial charge in [-0.25, -0.2) is 0 Å². The lowest BCUT2D eigenvalue weighted by atomic mass is 9.97. The van der Waals surface area contributed by atoms with Crippen LogP contribution in [-0.2, 0) is 6.42 Å². The van der Waals surface area contributed by atoms with E-state index in [1.807, 2.05) is 30.3 Å². The van der Waals surface area contributed by atoms with Crippen molar-refractivity contribution in [3.63, 3.8) is 0 Å². The molecule has 0 aliphatic heterocycles. The molecule has 3 rings (SSSR count). The van der Waals surface area contributed by atoms with Crippen molar-refractivity contribution < 1.29 is 9.53 Å². The minimum absolute atomic E-state index is 0.229. The zero-order chi connectivity index (χ0) is 20.3. The van der Waals surface area contributed by atoms with Gasteiger partial charge in [0.05, 0.1) is 6.61 Å². The fraction of sp³-hybridized carbons (Fsp3) is 0.333. The zero-order valence-corrected chi connectivity index (χ0v) is 17.5. The van der Waals surface area contributed by atoms with Gasteiger partial charge in [0.25, 0.3) is 5.91 Å². The number of nitrogens with one attached hydrogen (secondary N) is 2. The molecule has 0 saturated carbocycles. The van der Waals surface area contributed by atoms with Crippen LogP contribution in [0.15, 0.2) is 66.2 Å². The fourth-order valence-electron chi connectivity index (χ4n) is 3.35. The summed E-state index contributed by atoms with van der Waals surface area (Å²) in [6, 6.07) is 17.4. The molecule has 0 unspecified atom stereocenters. The second-order valence-electron chi connectivity index (χ2n) is 7.18. The molecule has 0 aromatic heterocycles. The third-order valence-corrected chi connectivity index (χ3v) is 5.19. The summed E-state index contributed by atoms with van der Waals surface area (Å²) in [6.45, 7) is 1.30. The van der Waals surface area contributed by atoms with Crippen LogP contribution in [0.2, 0.25) is 0 Å². The highest BCUT2D eigenvalue weighted by Gasteiger charge is 2.09. The third-order valence-electron chi connectivity index (χ3n) is 4.94. The van der Waals surface area contributed by atoms with Crippen molar-refractivity contribution in [1.29, 1.82) is 0 Å². The molecule has 2 N–H and O–H groups in total. The number of carbonyl (C=O) groups is 1. The Hall–Kier alpha value is -2.66. The van der Waals surface area contributed by atoms with Crippen molar-refractivity contribution >= 4 is 23.2 Å². The second-order valence-corrected chi connectivity index (χ2v) is 7.59. The summed E-state index contributed by atoms with van der Waals surface area (Å²) in [5, 5.41) is 6.24. The summed E-state index contributed by atoms with van der Waals surface area (Å²) >= 11 is 5.26. The molecule has 0 radical (unpaired) electrons. The largest absolute Gasteiger partial charge is 0.493 e. The van der Waals surface area contributed by atoms with E-state index in [1.165, 1.54) is 36.8 Å². The van der Waals surface area contributed by atoms with Gasteiger partial charge >= 0.3 is 0 Å². The molecule has 29 heavy (non-hydrogen) atoms. The molecule has 0 fully saturated rings. The van der Waals surface area contributed by atoms with E-state index in [4.69, 9.17) is 17.0 Å². The summed E-state index contributed by atoms with van der Waals surface area (Å²) in [6.07, 6.45) is 9.05. The van der Waals surface area contributed by atoms with Crippen LogP contribution in [0.25, 0.3) is 0 Å². The van der Waals surface area contributed by atoms with E-state index in [-0.39, 0.29) is 5.91 Å². The maximum atomic E-state index is 12.5. The lowest BCUT2D eigenvalue weighted by Gasteiger charge is -2.14. The Morgan fingerprint density at radius 1 is 1.03 bits per heavy atom. The molecule has 152 valence electrons. The van der Waals surface area contributed by atoms with E-state index in [0.29, 0.717) is 23.0 Å². The molecule has 1 amide bonds. The number of benzene rings is 2.